The van der Waals surface area contributed by atoms with E-state index in [4.69, 9.17) is 5.73 Å². The van der Waals surface area contributed by atoms with Crippen molar-refractivity contribution in [3.63, 3.8) is 0 Å². The molecule has 1 radical (unpaired) electrons. The Morgan fingerprint density at radius 3 is 2.00 bits per heavy atom. The summed E-state index contributed by atoms with van der Waals surface area (Å²) in [5.41, 5.74) is 1.55. The average molecular weight is 239 g/mol. The molecule has 0 unspecified atom stereocenters. The maximum absolute atomic E-state index is 11.9. The summed E-state index contributed by atoms with van der Waals surface area (Å²) in [4.78, 5) is 0. The Morgan fingerprint density at radius 1 is 1.13 bits per heavy atom. The molecule has 0 spiro atoms. The molecular weight excluding hydrogens is 233 g/mol. The van der Waals surface area contributed by atoms with Crippen molar-refractivity contribution in [1.29, 1.82) is 0 Å². The number of hydrogen-bond donors (Lipinski definition) is 1. The summed E-state index contributed by atoms with van der Waals surface area (Å²) < 4.78 is 58.3. The summed E-state index contributed by atoms with van der Waals surface area (Å²) in [6, 6.07) is 4.50. The van der Waals surface area contributed by atoms with Crippen LogP contribution >= 0.6 is 0 Å². The summed E-state index contributed by atoms with van der Waals surface area (Å²) in [6.45, 7) is 0. The fraction of sp³-hybridized carbons (Fsp3) is 0.143. The highest BCUT2D eigenvalue weighted by Crippen LogP contribution is 2.25. The minimum Gasteiger partial charge on any atom is -0.301 e. The molecule has 0 saturated carbocycles. The summed E-state index contributed by atoms with van der Waals surface area (Å²) in [7, 11) is -5.37. The molecule has 1 aromatic carbocycles. The molecule has 0 heterocycles. The van der Waals surface area contributed by atoms with Gasteiger partial charge in [0, 0.05) is 5.69 Å². The van der Waals surface area contributed by atoms with E-state index in [-0.39, 0.29) is 11.4 Å². The maximum atomic E-state index is 11.9. The molecule has 1 aromatic rings. The third-order valence-corrected chi connectivity index (χ3v) is 2.56. The lowest BCUT2D eigenvalue weighted by molar-refractivity contribution is -0.0429. The van der Waals surface area contributed by atoms with E-state index < -0.39 is 15.5 Å². The second-order valence-corrected chi connectivity index (χ2v) is 4.30. The van der Waals surface area contributed by atoms with E-state index in [1.54, 1.807) is 0 Å². The molecule has 15 heavy (non-hydrogen) atoms. The molecule has 0 saturated heterocycles. The smallest absolute Gasteiger partial charge is 0.301 e. The molecule has 0 bridgehead atoms. The number of alkyl halides is 3. The molecule has 0 fully saturated rings. The molecule has 0 aromatic heterocycles. The van der Waals surface area contributed by atoms with Crippen LogP contribution in [0.1, 0.15) is 0 Å². The van der Waals surface area contributed by atoms with Crippen molar-refractivity contribution < 1.29 is 21.6 Å². The summed E-state index contributed by atoms with van der Waals surface area (Å²) >= 11 is 0. The molecule has 0 aliphatic carbocycles. The Morgan fingerprint density at radius 2 is 1.60 bits per heavy atom. The number of anilines is 1. The zero-order valence-corrected chi connectivity index (χ0v) is 7.98. The second-order valence-electron chi connectivity index (χ2n) is 2.63. The fourth-order valence-corrected chi connectivity index (χ4v) is 1.31. The van der Waals surface area contributed by atoms with E-state index in [0.29, 0.717) is 0 Å². The minimum absolute atomic E-state index is 0.0740. The normalized spacial score (nSPS) is 12.5. The molecule has 4 nitrogen and oxygen atoms in total. The van der Waals surface area contributed by atoms with Gasteiger partial charge in [-0.2, -0.15) is 21.6 Å². The van der Waals surface area contributed by atoms with Crippen LogP contribution in [0.3, 0.4) is 0 Å². The lowest BCUT2D eigenvalue weighted by atomic mass is 10.3. The molecule has 8 heteroatoms. The first-order valence-corrected chi connectivity index (χ1v) is 5.11. The first-order valence-electron chi connectivity index (χ1n) is 3.63. The molecule has 0 aliphatic heterocycles. The van der Waals surface area contributed by atoms with Crippen molar-refractivity contribution in [2.24, 2.45) is 0 Å². The van der Waals surface area contributed by atoms with Crippen molar-refractivity contribution in [2.45, 2.75) is 5.51 Å². The van der Waals surface area contributed by atoms with Gasteiger partial charge in [0.1, 0.15) is 0 Å². The molecule has 1 rings (SSSR count). The first-order chi connectivity index (χ1) is 6.72. The van der Waals surface area contributed by atoms with E-state index in [9.17, 15) is 21.6 Å². The summed E-state index contributed by atoms with van der Waals surface area (Å²) in [5.74, 6) is 0. The third-order valence-electron chi connectivity index (χ3n) is 1.44. The SMILES string of the molecule is [NH]c1ccc(NS(=O)(=O)C(F)(F)F)cc1. The Labute approximate surface area is 83.9 Å². The van der Waals surface area contributed by atoms with Gasteiger partial charge in [0.05, 0.1) is 5.69 Å². The summed E-state index contributed by atoms with van der Waals surface area (Å²) in [6.07, 6.45) is 0. The number of hydrogen-bond acceptors (Lipinski definition) is 2. The van der Waals surface area contributed by atoms with E-state index in [1.807, 2.05) is 0 Å². The van der Waals surface area contributed by atoms with Crippen LogP contribution in [0.5, 0.6) is 0 Å². The molecule has 2 N–H and O–H groups in total. The highest BCUT2D eigenvalue weighted by Gasteiger charge is 2.45. The quantitative estimate of drug-likeness (QED) is 0.855. The van der Waals surface area contributed by atoms with Crippen molar-refractivity contribution in [1.82, 2.24) is 5.73 Å². The van der Waals surface area contributed by atoms with Gasteiger partial charge in [-0.1, -0.05) is 0 Å². The van der Waals surface area contributed by atoms with Gasteiger partial charge < -0.3 is 5.73 Å². The Bertz CT molecular complexity index is 438. The predicted molar refractivity (Wildman–Crippen MR) is 47.8 cm³/mol. The van der Waals surface area contributed by atoms with Crippen LogP contribution in [-0.4, -0.2) is 13.9 Å². The van der Waals surface area contributed by atoms with Gasteiger partial charge in [-0.25, -0.2) is 0 Å². The lowest BCUT2D eigenvalue weighted by Crippen LogP contribution is -2.29. The fourth-order valence-electron chi connectivity index (χ4n) is 0.751. The number of sulfonamides is 1. The zero-order chi connectivity index (χ0) is 11.7. The van der Waals surface area contributed by atoms with Crippen LogP contribution in [0.25, 0.3) is 0 Å². The first kappa shape index (κ1) is 11.6. The van der Waals surface area contributed by atoms with E-state index in [1.165, 1.54) is 16.9 Å². The maximum Gasteiger partial charge on any atom is 0.516 e. The van der Waals surface area contributed by atoms with E-state index in [0.717, 1.165) is 12.1 Å². The van der Waals surface area contributed by atoms with Crippen LogP contribution in [-0.2, 0) is 10.0 Å². The monoisotopic (exact) mass is 239 g/mol. The van der Waals surface area contributed by atoms with Crippen LogP contribution in [0, 0.1) is 0 Å². The standard InChI is InChI=1S/C7H6F3N2O2S/c8-7(9,10)15(13,14)12-6-3-1-5(11)2-4-6/h1-4,11-12H. The molecule has 0 atom stereocenters. The second kappa shape index (κ2) is 3.61. The molecule has 0 amide bonds. The van der Waals surface area contributed by atoms with Gasteiger partial charge in [-0.05, 0) is 24.3 Å². The van der Waals surface area contributed by atoms with E-state index in [2.05, 4.69) is 0 Å². The van der Waals surface area contributed by atoms with Crippen LogP contribution in [0.4, 0.5) is 24.5 Å². The minimum atomic E-state index is -5.37. The largest absolute Gasteiger partial charge is 0.516 e. The topological polar surface area (TPSA) is 70.0 Å². The Hall–Kier alpha value is -1.44. The van der Waals surface area contributed by atoms with Gasteiger partial charge >= 0.3 is 15.5 Å². The van der Waals surface area contributed by atoms with Gasteiger partial charge in [0.15, 0.2) is 0 Å². The molecule has 0 aliphatic rings. The van der Waals surface area contributed by atoms with Crippen LogP contribution < -0.4 is 10.5 Å². The van der Waals surface area contributed by atoms with Crippen molar-refractivity contribution in [3.05, 3.63) is 24.3 Å². The Kier molecular flexibility index (Phi) is 2.80. The highest BCUT2D eigenvalue weighted by atomic mass is 32.2. The molecular formula is C7H6F3N2O2S. The molecule has 83 valence electrons. The van der Waals surface area contributed by atoms with Crippen molar-refractivity contribution in [2.75, 3.05) is 4.72 Å². The number of rotatable bonds is 2. The van der Waals surface area contributed by atoms with Gasteiger partial charge in [-0.15, -0.1) is 0 Å². The number of nitrogens with one attached hydrogen (secondary N) is 2. The average Bonchev–Trinajstić information content (AvgIpc) is 2.06. The third kappa shape index (κ3) is 2.75. The van der Waals surface area contributed by atoms with E-state index >= 15 is 0 Å². The predicted octanol–water partition coefficient (Wildman–Crippen LogP) is 1.86. The number of halogens is 3. The van der Waals surface area contributed by atoms with Crippen molar-refractivity contribution >= 4 is 21.4 Å². The summed E-state index contributed by atoms with van der Waals surface area (Å²) in [5, 5.41) is 0. The Balaban J connectivity index is 2.93. The van der Waals surface area contributed by atoms with Crippen LogP contribution in [0.2, 0.25) is 0 Å². The lowest BCUT2D eigenvalue weighted by Gasteiger charge is -2.10. The van der Waals surface area contributed by atoms with Crippen molar-refractivity contribution in [3.8, 4) is 0 Å². The van der Waals surface area contributed by atoms with Gasteiger partial charge in [-0.3, -0.25) is 4.72 Å². The van der Waals surface area contributed by atoms with Crippen LogP contribution in [0.15, 0.2) is 24.3 Å². The van der Waals surface area contributed by atoms with Gasteiger partial charge in [0.2, 0.25) is 0 Å². The highest BCUT2D eigenvalue weighted by molar-refractivity contribution is 7.93. The zero-order valence-electron chi connectivity index (χ0n) is 7.17. The van der Waals surface area contributed by atoms with Gasteiger partial charge in [0.25, 0.3) is 0 Å². The number of benzene rings is 1.